The molecule has 0 unspecified atom stereocenters. The van der Waals surface area contributed by atoms with Gasteiger partial charge in [0.25, 0.3) is 0 Å². The van der Waals surface area contributed by atoms with Gasteiger partial charge in [0.15, 0.2) is 0 Å². The number of rotatable bonds is 3. The summed E-state index contributed by atoms with van der Waals surface area (Å²) in [6.07, 6.45) is 1.13. The Bertz CT molecular complexity index is 480. The van der Waals surface area contributed by atoms with E-state index < -0.39 is 0 Å². The molecule has 0 aliphatic heterocycles. The third kappa shape index (κ3) is 2.28. The van der Waals surface area contributed by atoms with Crippen molar-refractivity contribution in [3.63, 3.8) is 0 Å². The second-order valence-electron chi connectivity index (χ2n) is 4.79. The molecule has 2 N–H and O–H groups in total. The predicted octanol–water partition coefficient (Wildman–Crippen LogP) is 2.42. The van der Waals surface area contributed by atoms with Crippen LogP contribution in [0.25, 0.3) is 5.57 Å². The summed E-state index contributed by atoms with van der Waals surface area (Å²) in [4.78, 5) is 0. The Morgan fingerprint density at radius 3 is 2.35 bits per heavy atom. The van der Waals surface area contributed by atoms with E-state index in [-0.39, 0.29) is 0 Å². The number of hydrogen-bond acceptors (Lipinski definition) is 1. The van der Waals surface area contributed by atoms with Gasteiger partial charge in [-0.25, -0.2) is 0 Å². The van der Waals surface area contributed by atoms with Crippen LogP contribution in [0.3, 0.4) is 0 Å². The lowest BCUT2D eigenvalue weighted by Gasteiger charge is -2.08. The van der Waals surface area contributed by atoms with E-state index >= 15 is 0 Å². The normalized spacial score (nSPS) is 16.2. The van der Waals surface area contributed by atoms with Crippen molar-refractivity contribution in [2.45, 2.75) is 32.9 Å². The first kappa shape index (κ1) is 12.3. The van der Waals surface area contributed by atoms with E-state index in [0.717, 1.165) is 6.42 Å². The smallest absolute Gasteiger partial charge is 0.0178 e. The lowest BCUT2D eigenvalue weighted by atomic mass is 9.99. The van der Waals surface area contributed by atoms with Crippen molar-refractivity contribution in [3.8, 4) is 0 Å². The number of allylic oxidation sites excluding steroid dienone is 4. The molecular weight excluding hydrogens is 222 g/mol. The van der Waals surface area contributed by atoms with Crippen LogP contribution in [0.15, 0.2) is 41.0 Å². The highest BCUT2D eigenvalue weighted by Crippen LogP contribution is 2.39. The monoisotopic (exact) mass is 243 g/mol. The Labute approximate surface area is 107 Å². The molecule has 0 saturated carbocycles. The summed E-state index contributed by atoms with van der Waals surface area (Å²) in [7, 11) is 1.24. The summed E-state index contributed by atoms with van der Waals surface area (Å²) in [5, 5.41) is 0. The van der Waals surface area contributed by atoms with E-state index in [1.807, 2.05) is 0 Å². The zero-order valence-corrected chi connectivity index (χ0v) is 13.0. The van der Waals surface area contributed by atoms with E-state index in [4.69, 9.17) is 5.73 Å². The lowest BCUT2D eigenvalue weighted by molar-refractivity contribution is 1.07. The van der Waals surface area contributed by atoms with Crippen LogP contribution in [0.2, 0.25) is 6.04 Å². The molecule has 0 heterocycles. The summed E-state index contributed by atoms with van der Waals surface area (Å²) in [6.45, 7) is 5.15. The highest BCUT2D eigenvalue weighted by Gasteiger charge is 2.18. The van der Waals surface area contributed by atoms with Gasteiger partial charge in [-0.3, -0.25) is 0 Å². The van der Waals surface area contributed by atoms with Crippen molar-refractivity contribution in [2.24, 2.45) is 5.73 Å². The Morgan fingerprint density at radius 2 is 1.82 bits per heavy atom. The molecule has 0 saturated heterocycles. The quantitative estimate of drug-likeness (QED) is 0.811. The van der Waals surface area contributed by atoms with Crippen molar-refractivity contribution in [1.82, 2.24) is 0 Å². The van der Waals surface area contributed by atoms with Gasteiger partial charge in [-0.05, 0) is 54.2 Å². The van der Waals surface area contributed by atoms with Crippen molar-refractivity contribution in [3.05, 3.63) is 52.1 Å². The molecule has 0 fully saturated rings. The minimum Gasteiger partial charge on any atom is -0.326 e. The summed E-state index contributed by atoms with van der Waals surface area (Å²) < 4.78 is 0. The van der Waals surface area contributed by atoms with Crippen LogP contribution in [0.4, 0.5) is 0 Å². The van der Waals surface area contributed by atoms with Crippen LogP contribution in [0.1, 0.15) is 31.4 Å². The maximum absolute atomic E-state index is 5.64. The molecule has 17 heavy (non-hydrogen) atoms. The van der Waals surface area contributed by atoms with Crippen molar-refractivity contribution in [1.29, 1.82) is 0 Å². The van der Waals surface area contributed by atoms with E-state index in [2.05, 4.69) is 38.1 Å². The molecule has 0 amide bonds. The average molecular weight is 243 g/mol. The van der Waals surface area contributed by atoms with Gasteiger partial charge in [0.1, 0.15) is 0 Å². The molecule has 90 valence electrons. The molecular formula is C15H21NSi. The number of nitrogens with two attached hydrogens (primary N) is 1. The van der Waals surface area contributed by atoms with Crippen LogP contribution < -0.4 is 5.73 Å². The maximum Gasteiger partial charge on any atom is 0.0178 e. The summed E-state index contributed by atoms with van der Waals surface area (Å²) in [5.74, 6) is 0. The largest absolute Gasteiger partial charge is 0.326 e. The van der Waals surface area contributed by atoms with Crippen LogP contribution in [-0.4, -0.2) is 10.2 Å². The van der Waals surface area contributed by atoms with Gasteiger partial charge in [-0.1, -0.05) is 29.8 Å². The van der Waals surface area contributed by atoms with Crippen LogP contribution in [0, 0.1) is 0 Å². The minimum absolute atomic E-state index is 0.628. The summed E-state index contributed by atoms with van der Waals surface area (Å²) in [6, 6.07) is 10.0. The first-order valence-corrected chi connectivity index (χ1v) is 7.77. The minimum atomic E-state index is 0.628. The Balaban J connectivity index is 2.37. The highest BCUT2D eigenvalue weighted by molar-refractivity contribution is 6.12. The fraction of sp³-hybridized carbons (Fsp3) is 0.333. The Kier molecular flexibility index (Phi) is 3.65. The first-order valence-electron chi connectivity index (χ1n) is 6.35. The molecule has 2 rings (SSSR count). The van der Waals surface area contributed by atoms with E-state index in [9.17, 15) is 0 Å². The van der Waals surface area contributed by atoms with E-state index in [0.29, 0.717) is 6.54 Å². The maximum atomic E-state index is 5.64. The predicted molar refractivity (Wildman–Crippen MR) is 79.0 cm³/mol. The van der Waals surface area contributed by atoms with Crippen molar-refractivity contribution < 1.29 is 0 Å². The van der Waals surface area contributed by atoms with Gasteiger partial charge >= 0.3 is 0 Å². The Morgan fingerprint density at radius 1 is 1.18 bits per heavy atom. The first-order chi connectivity index (χ1) is 8.17. The molecule has 1 aliphatic carbocycles. The van der Waals surface area contributed by atoms with E-state index in [1.165, 1.54) is 38.6 Å². The molecule has 1 aromatic rings. The molecule has 0 aromatic heterocycles. The molecule has 2 heteroatoms. The van der Waals surface area contributed by atoms with Crippen LogP contribution in [-0.2, 0) is 6.54 Å². The zero-order valence-electron chi connectivity index (χ0n) is 11.0. The van der Waals surface area contributed by atoms with Crippen LogP contribution >= 0.6 is 0 Å². The molecule has 0 radical (unpaired) electrons. The van der Waals surface area contributed by atoms with Crippen LogP contribution in [0.5, 0.6) is 0 Å². The third-order valence-electron chi connectivity index (χ3n) is 3.79. The standard InChI is InChI=1S/C15H21NSi/c1-10-7-14(15(9-17)11(10)2)13-5-3-12(8-16)4-6-13/h3-6H,7-9,16H2,1-2,17H3. The van der Waals surface area contributed by atoms with Crippen molar-refractivity contribution in [2.75, 3.05) is 0 Å². The zero-order chi connectivity index (χ0) is 12.4. The number of hydrogen-bond donors (Lipinski definition) is 1. The van der Waals surface area contributed by atoms with Gasteiger partial charge < -0.3 is 5.73 Å². The second kappa shape index (κ2) is 5.03. The fourth-order valence-corrected chi connectivity index (χ4v) is 3.54. The molecule has 1 aliphatic rings. The van der Waals surface area contributed by atoms with E-state index in [1.54, 1.807) is 11.1 Å². The summed E-state index contributed by atoms with van der Waals surface area (Å²) >= 11 is 0. The van der Waals surface area contributed by atoms with Gasteiger partial charge in [0.05, 0.1) is 0 Å². The van der Waals surface area contributed by atoms with Gasteiger partial charge in [0.2, 0.25) is 0 Å². The Hall–Kier alpha value is -1.12. The topological polar surface area (TPSA) is 26.0 Å². The molecule has 1 aromatic carbocycles. The molecule has 0 bridgehead atoms. The fourth-order valence-electron chi connectivity index (χ4n) is 2.59. The number of benzene rings is 1. The summed E-state index contributed by atoms with van der Waals surface area (Å²) in [5.41, 5.74) is 14.4. The SMILES string of the molecule is CC1=C(C)C(C[SiH3])=C(c2ccc(CN)cc2)C1. The molecule has 1 nitrogen and oxygen atoms in total. The molecule has 0 atom stereocenters. The van der Waals surface area contributed by atoms with Crippen molar-refractivity contribution >= 4 is 15.8 Å². The third-order valence-corrected chi connectivity index (χ3v) is 4.50. The van der Waals surface area contributed by atoms with Gasteiger partial charge in [0, 0.05) is 16.8 Å². The van der Waals surface area contributed by atoms with Gasteiger partial charge in [-0.2, -0.15) is 0 Å². The molecule has 0 spiro atoms. The highest BCUT2D eigenvalue weighted by atomic mass is 28.1. The van der Waals surface area contributed by atoms with Gasteiger partial charge in [-0.15, -0.1) is 0 Å². The average Bonchev–Trinajstić information content (AvgIpc) is 2.65. The second-order valence-corrected chi connectivity index (χ2v) is 5.50. The lowest BCUT2D eigenvalue weighted by Crippen LogP contribution is -1.96.